The first-order valence-electron chi connectivity index (χ1n) is 17.0. The van der Waals surface area contributed by atoms with Crippen LogP contribution in [-0.2, 0) is 19.6 Å². The van der Waals surface area contributed by atoms with Gasteiger partial charge in [-0.25, -0.2) is 0 Å². The van der Waals surface area contributed by atoms with Gasteiger partial charge in [-0.05, 0) is 93.9 Å². The van der Waals surface area contributed by atoms with Gasteiger partial charge in [-0.1, -0.05) is 62.3 Å². The molecule has 0 spiro atoms. The van der Waals surface area contributed by atoms with Crippen LogP contribution in [0.15, 0.2) is 49.1 Å². The lowest BCUT2D eigenvalue weighted by Crippen LogP contribution is -2.08. The van der Waals surface area contributed by atoms with Crippen molar-refractivity contribution in [1.29, 1.82) is 0 Å². The molecule has 0 amide bonds. The first-order valence-corrected chi connectivity index (χ1v) is 17.0. The van der Waals surface area contributed by atoms with Crippen LogP contribution in [0.25, 0.3) is 0 Å². The molecule has 0 saturated heterocycles. The maximum atomic E-state index is 4.33. The highest BCUT2D eigenvalue weighted by molar-refractivity contribution is 5.07. The van der Waals surface area contributed by atoms with E-state index in [2.05, 4.69) is 142 Å². The summed E-state index contributed by atoms with van der Waals surface area (Å²) in [4.78, 5) is 0. The molecule has 0 radical (unpaired) electrons. The zero-order chi connectivity index (χ0) is 32.8. The van der Waals surface area contributed by atoms with Crippen molar-refractivity contribution >= 4 is 0 Å². The van der Waals surface area contributed by atoms with Crippen LogP contribution in [0.4, 0.5) is 0 Å². The Morgan fingerprint density at radius 3 is 1.36 bits per heavy atom. The fraction of sp³-hybridized carbons (Fsp3) is 0.667. The summed E-state index contributed by atoms with van der Waals surface area (Å²) in [6.45, 7) is 29.3. The molecule has 4 aromatic heterocycles. The predicted octanol–water partition coefficient (Wildman–Crippen LogP) is 9.45. The van der Waals surface area contributed by atoms with Crippen LogP contribution in [0.1, 0.15) is 155 Å². The van der Waals surface area contributed by atoms with Gasteiger partial charge in [0.2, 0.25) is 0 Å². The largest absolute Gasteiger partial charge is 0.270 e. The van der Waals surface area contributed by atoms with Crippen molar-refractivity contribution in [3.63, 3.8) is 0 Å². The lowest BCUT2D eigenvalue weighted by molar-refractivity contribution is 0.498. The minimum atomic E-state index is 0.474. The third kappa shape index (κ3) is 11.7. The minimum Gasteiger partial charge on any atom is -0.270 e. The van der Waals surface area contributed by atoms with E-state index in [1.54, 1.807) is 0 Å². The highest BCUT2D eigenvalue weighted by Crippen LogP contribution is 2.31. The Morgan fingerprint density at radius 2 is 0.977 bits per heavy atom. The Bertz CT molecular complexity index is 1270. The van der Waals surface area contributed by atoms with E-state index in [4.69, 9.17) is 0 Å². The number of rotatable bonds is 10. The minimum absolute atomic E-state index is 0.474. The fourth-order valence-corrected chi connectivity index (χ4v) is 5.07. The van der Waals surface area contributed by atoms with Gasteiger partial charge < -0.3 is 0 Å². The highest BCUT2D eigenvalue weighted by atomic mass is 15.3. The maximum Gasteiger partial charge on any atom is 0.0492 e. The maximum absolute atomic E-state index is 4.33. The summed E-state index contributed by atoms with van der Waals surface area (Å²) in [5.41, 5.74) is 5.36. The van der Waals surface area contributed by atoms with E-state index in [-0.39, 0.29) is 0 Å². The average Bonchev–Trinajstić information content (AvgIpc) is 3.47. The monoisotopic (exact) mass is 607 g/mol. The summed E-state index contributed by atoms with van der Waals surface area (Å²) in [5, 5.41) is 17.0. The van der Waals surface area contributed by atoms with Crippen molar-refractivity contribution in [3.8, 4) is 0 Å². The van der Waals surface area contributed by atoms with Crippen LogP contribution in [0.3, 0.4) is 0 Å². The van der Waals surface area contributed by atoms with Crippen LogP contribution in [0.5, 0.6) is 0 Å². The van der Waals surface area contributed by atoms with Crippen LogP contribution in [-0.4, -0.2) is 39.1 Å². The molecule has 246 valence electrons. The molecule has 4 aromatic rings. The molecule has 8 nitrogen and oxygen atoms in total. The van der Waals surface area contributed by atoms with E-state index >= 15 is 0 Å². The summed E-state index contributed by atoms with van der Waals surface area (Å²) in [6.07, 6.45) is 11.5. The second-order valence-electron chi connectivity index (χ2n) is 13.3. The van der Waals surface area contributed by atoms with Crippen molar-refractivity contribution in [1.82, 2.24) is 39.1 Å². The zero-order valence-corrected chi connectivity index (χ0v) is 29.9. The summed E-state index contributed by atoms with van der Waals surface area (Å²) >= 11 is 0. The molecular formula is C36H62N8. The first-order chi connectivity index (χ1) is 20.9. The van der Waals surface area contributed by atoms with Gasteiger partial charge in [-0.2, -0.15) is 20.4 Å². The fourth-order valence-electron chi connectivity index (χ4n) is 5.07. The molecule has 0 bridgehead atoms. The van der Waals surface area contributed by atoms with E-state index in [9.17, 15) is 0 Å². The molecule has 0 N–H and O–H groups in total. The molecule has 1 saturated carbocycles. The van der Waals surface area contributed by atoms with E-state index in [1.807, 2.05) is 29.5 Å². The molecular weight excluding hydrogens is 544 g/mol. The van der Waals surface area contributed by atoms with Crippen molar-refractivity contribution in [2.24, 2.45) is 5.92 Å². The third-order valence-electron chi connectivity index (χ3n) is 7.67. The molecule has 0 atom stereocenters. The second kappa shape index (κ2) is 18.6. The molecule has 4 heterocycles. The Hall–Kier alpha value is -3.16. The summed E-state index contributed by atoms with van der Waals surface area (Å²) in [5.74, 6) is 3.26. The Balaban J connectivity index is 0.000000205. The first kappa shape index (κ1) is 37.0. The molecule has 1 aliphatic rings. The van der Waals surface area contributed by atoms with Crippen LogP contribution in [0, 0.1) is 5.92 Å². The highest BCUT2D eigenvalue weighted by Gasteiger charge is 2.23. The van der Waals surface area contributed by atoms with E-state index in [0.717, 1.165) is 32.0 Å². The van der Waals surface area contributed by atoms with Gasteiger partial charge in [0, 0.05) is 73.2 Å². The van der Waals surface area contributed by atoms with Gasteiger partial charge in [-0.3, -0.25) is 18.7 Å². The van der Waals surface area contributed by atoms with Crippen LogP contribution >= 0.6 is 0 Å². The number of nitrogens with zero attached hydrogens (tertiary/aromatic N) is 8. The number of hydrogen-bond acceptors (Lipinski definition) is 4. The van der Waals surface area contributed by atoms with Gasteiger partial charge >= 0.3 is 0 Å². The quantitative estimate of drug-likeness (QED) is 0.180. The summed E-state index contributed by atoms with van der Waals surface area (Å²) < 4.78 is 8.36. The van der Waals surface area contributed by atoms with Gasteiger partial charge in [-0.15, -0.1) is 0 Å². The second-order valence-corrected chi connectivity index (χ2v) is 13.3. The van der Waals surface area contributed by atoms with E-state index in [0.29, 0.717) is 29.7 Å². The van der Waals surface area contributed by atoms with Gasteiger partial charge in [0.1, 0.15) is 0 Å². The van der Waals surface area contributed by atoms with Gasteiger partial charge in [0.25, 0.3) is 0 Å². The normalized spacial score (nSPS) is 12.8. The van der Waals surface area contributed by atoms with Gasteiger partial charge in [0.05, 0.1) is 0 Å². The Kier molecular flexibility index (Phi) is 15.7. The molecule has 0 aromatic carbocycles. The van der Waals surface area contributed by atoms with Crippen LogP contribution < -0.4 is 0 Å². The lowest BCUT2D eigenvalue weighted by Gasteiger charge is -2.12. The topological polar surface area (TPSA) is 71.3 Å². The van der Waals surface area contributed by atoms with Crippen molar-refractivity contribution in [3.05, 3.63) is 71.8 Å². The van der Waals surface area contributed by atoms with Crippen molar-refractivity contribution in [2.45, 2.75) is 152 Å². The molecule has 0 aliphatic heterocycles. The predicted molar refractivity (Wildman–Crippen MR) is 184 cm³/mol. The summed E-state index contributed by atoms with van der Waals surface area (Å²) in [6, 6.07) is 8.87. The lowest BCUT2D eigenvalue weighted by atomic mass is 10.1. The third-order valence-corrected chi connectivity index (χ3v) is 7.67. The average molecular weight is 607 g/mol. The van der Waals surface area contributed by atoms with Crippen molar-refractivity contribution in [2.75, 3.05) is 0 Å². The number of hydrogen-bond donors (Lipinski definition) is 0. The van der Waals surface area contributed by atoms with Crippen molar-refractivity contribution < 1.29 is 0 Å². The van der Waals surface area contributed by atoms with E-state index < -0.39 is 0 Å². The standard InChI is InChI=1S/C10H16N2.2C9H16N2.C8H14N2/c1-8(2)10-5-6-11-12(10)7-9-3-4-9;1-7(2)9-5-6-10-11(9)8(3)4;1-4-7-11-9(8(2)3)5-6-10-11;1-4-10-8(7(2)3)5-6-9-10/h5-6,8-9H,3-4,7H2,1-2H3;5-8H,1-4H3;5-6,8H,4,7H2,1-3H3;5-7H,4H2,1-3H3. The number of aryl methyl sites for hydroxylation is 2. The Morgan fingerprint density at radius 1 is 0.568 bits per heavy atom. The molecule has 0 unspecified atom stereocenters. The van der Waals surface area contributed by atoms with E-state index in [1.165, 1.54) is 35.6 Å². The SMILES string of the molecule is CC(C)c1ccnn1C(C)C.CC(C)c1ccnn1CC1CC1.CCCn1nccc1C(C)C.CCn1nccc1C(C)C. The number of aromatic nitrogens is 8. The van der Waals surface area contributed by atoms with Crippen LogP contribution in [0.2, 0.25) is 0 Å². The smallest absolute Gasteiger partial charge is 0.0492 e. The zero-order valence-electron chi connectivity index (χ0n) is 29.9. The molecule has 44 heavy (non-hydrogen) atoms. The molecule has 1 aliphatic carbocycles. The summed E-state index contributed by atoms with van der Waals surface area (Å²) in [7, 11) is 0. The Labute approximate surface area is 268 Å². The molecule has 5 rings (SSSR count). The molecule has 8 heteroatoms. The van der Waals surface area contributed by atoms with Gasteiger partial charge in [0.15, 0.2) is 0 Å². The molecule has 1 fully saturated rings.